The van der Waals surface area contributed by atoms with Crippen LogP contribution in [0.1, 0.15) is 12.8 Å². The first-order valence-corrected chi connectivity index (χ1v) is 7.44. The van der Waals surface area contributed by atoms with Crippen molar-refractivity contribution in [1.82, 2.24) is 4.72 Å². The predicted octanol–water partition coefficient (Wildman–Crippen LogP) is 0.472. The number of hydrogen-bond donors (Lipinski definition) is 2. The molecule has 0 heterocycles. The lowest BCUT2D eigenvalue weighted by molar-refractivity contribution is 0.326. The van der Waals surface area contributed by atoms with Crippen molar-refractivity contribution < 1.29 is 17.9 Å². The van der Waals surface area contributed by atoms with E-state index >= 15 is 0 Å². The van der Waals surface area contributed by atoms with Crippen LogP contribution in [0.15, 0.2) is 23.1 Å². The minimum atomic E-state index is -3.63. The Bertz CT molecular complexity index is 553. The summed E-state index contributed by atoms with van der Waals surface area (Å²) in [5, 5.41) is 0. The highest BCUT2D eigenvalue weighted by atomic mass is 32.2. The second-order valence-corrected chi connectivity index (χ2v) is 6.25. The molecule has 7 heteroatoms. The molecule has 106 valence electrons. The van der Waals surface area contributed by atoms with Crippen LogP contribution in [0.4, 0.5) is 0 Å². The van der Waals surface area contributed by atoms with Crippen LogP contribution in [-0.2, 0) is 10.0 Å². The van der Waals surface area contributed by atoms with Gasteiger partial charge in [0.25, 0.3) is 0 Å². The molecule has 1 aliphatic rings. The van der Waals surface area contributed by atoms with Crippen LogP contribution in [0.2, 0.25) is 0 Å². The first kappa shape index (κ1) is 14.1. The number of nitrogens with two attached hydrogens (primary N) is 1. The molecule has 0 unspecified atom stereocenters. The summed E-state index contributed by atoms with van der Waals surface area (Å²) in [7, 11) is -0.716. The van der Waals surface area contributed by atoms with Crippen molar-refractivity contribution in [2.45, 2.75) is 29.8 Å². The number of benzene rings is 1. The summed E-state index contributed by atoms with van der Waals surface area (Å²) in [6.45, 7) is 0. The molecule has 0 atom stereocenters. The Kier molecular flexibility index (Phi) is 3.98. The summed E-state index contributed by atoms with van der Waals surface area (Å²) in [5.41, 5.74) is 5.65. The number of rotatable bonds is 5. The van der Waals surface area contributed by atoms with Gasteiger partial charge in [0.05, 0.1) is 14.2 Å². The zero-order chi connectivity index (χ0) is 14.0. The van der Waals surface area contributed by atoms with Crippen molar-refractivity contribution >= 4 is 10.0 Å². The molecule has 1 saturated carbocycles. The Hall–Kier alpha value is -1.31. The van der Waals surface area contributed by atoms with E-state index in [0.29, 0.717) is 18.6 Å². The van der Waals surface area contributed by atoms with Gasteiger partial charge in [-0.2, -0.15) is 0 Å². The SMILES string of the molecule is COc1ccc(OC)c(S(=O)(=O)NC2CC(N)C2)c1. The minimum Gasteiger partial charge on any atom is -0.497 e. The van der Waals surface area contributed by atoms with E-state index in [1.807, 2.05) is 0 Å². The van der Waals surface area contributed by atoms with E-state index < -0.39 is 10.0 Å². The Labute approximate surface area is 112 Å². The Morgan fingerprint density at radius 3 is 2.47 bits per heavy atom. The van der Waals surface area contributed by atoms with Crippen molar-refractivity contribution in [3.8, 4) is 11.5 Å². The third-order valence-corrected chi connectivity index (χ3v) is 4.70. The predicted molar refractivity (Wildman–Crippen MR) is 70.9 cm³/mol. The van der Waals surface area contributed by atoms with Gasteiger partial charge >= 0.3 is 0 Å². The quantitative estimate of drug-likeness (QED) is 0.821. The van der Waals surface area contributed by atoms with Crippen molar-refractivity contribution in [1.29, 1.82) is 0 Å². The molecular formula is C12H18N2O4S. The van der Waals surface area contributed by atoms with Gasteiger partial charge in [-0.25, -0.2) is 13.1 Å². The lowest BCUT2D eigenvalue weighted by Gasteiger charge is -2.32. The maximum absolute atomic E-state index is 12.3. The molecule has 3 N–H and O–H groups in total. The van der Waals surface area contributed by atoms with Gasteiger partial charge in [0.15, 0.2) is 0 Å². The molecule has 0 radical (unpaired) electrons. The van der Waals surface area contributed by atoms with Gasteiger partial charge < -0.3 is 15.2 Å². The number of methoxy groups -OCH3 is 2. The highest BCUT2D eigenvalue weighted by Crippen LogP contribution is 2.29. The molecule has 6 nitrogen and oxygen atoms in total. The van der Waals surface area contributed by atoms with Gasteiger partial charge in [0.1, 0.15) is 16.4 Å². The zero-order valence-electron chi connectivity index (χ0n) is 10.9. The van der Waals surface area contributed by atoms with Gasteiger partial charge in [0, 0.05) is 18.2 Å². The maximum atomic E-state index is 12.3. The van der Waals surface area contributed by atoms with E-state index in [1.165, 1.54) is 20.3 Å². The second kappa shape index (κ2) is 5.36. The van der Waals surface area contributed by atoms with Crippen LogP contribution >= 0.6 is 0 Å². The van der Waals surface area contributed by atoms with Gasteiger partial charge in [-0.05, 0) is 25.0 Å². The standard InChI is InChI=1S/C12H18N2O4S/c1-17-10-3-4-11(18-2)12(7-10)19(15,16)14-9-5-8(13)6-9/h3-4,7-9,14H,5-6,13H2,1-2H3. The number of nitrogens with one attached hydrogen (secondary N) is 1. The van der Waals surface area contributed by atoms with Crippen LogP contribution in [0.25, 0.3) is 0 Å². The highest BCUT2D eigenvalue weighted by molar-refractivity contribution is 7.89. The van der Waals surface area contributed by atoms with E-state index in [2.05, 4.69) is 4.72 Å². The fourth-order valence-electron chi connectivity index (χ4n) is 2.03. The summed E-state index contributed by atoms with van der Waals surface area (Å²) in [5.74, 6) is 0.753. The summed E-state index contributed by atoms with van der Waals surface area (Å²) in [6, 6.07) is 4.65. The van der Waals surface area contributed by atoms with Crippen molar-refractivity contribution in [2.24, 2.45) is 5.73 Å². The Balaban J connectivity index is 2.27. The van der Waals surface area contributed by atoms with E-state index in [9.17, 15) is 8.42 Å². The van der Waals surface area contributed by atoms with Crippen molar-refractivity contribution in [3.05, 3.63) is 18.2 Å². The van der Waals surface area contributed by atoms with E-state index in [4.69, 9.17) is 15.2 Å². The molecule has 1 aliphatic carbocycles. The Morgan fingerprint density at radius 2 is 1.95 bits per heavy atom. The Morgan fingerprint density at radius 1 is 1.26 bits per heavy atom. The lowest BCUT2D eigenvalue weighted by Crippen LogP contribution is -2.50. The third kappa shape index (κ3) is 2.99. The van der Waals surface area contributed by atoms with Gasteiger partial charge in [-0.15, -0.1) is 0 Å². The fourth-order valence-corrected chi connectivity index (χ4v) is 3.48. The number of ether oxygens (including phenoxy) is 2. The molecule has 1 aromatic carbocycles. The first-order chi connectivity index (χ1) is 8.96. The minimum absolute atomic E-state index is 0.0785. The van der Waals surface area contributed by atoms with E-state index in [1.54, 1.807) is 12.1 Å². The summed E-state index contributed by atoms with van der Waals surface area (Å²) in [4.78, 5) is 0.0785. The number of sulfonamides is 1. The first-order valence-electron chi connectivity index (χ1n) is 5.96. The van der Waals surface area contributed by atoms with Crippen LogP contribution in [0.5, 0.6) is 11.5 Å². The topological polar surface area (TPSA) is 90.6 Å². The molecule has 19 heavy (non-hydrogen) atoms. The van der Waals surface area contributed by atoms with Crippen LogP contribution in [0, 0.1) is 0 Å². The second-order valence-electron chi connectivity index (χ2n) is 4.57. The van der Waals surface area contributed by atoms with E-state index in [0.717, 1.165) is 0 Å². The monoisotopic (exact) mass is 286 g/mol. The molecule has 0 saturated heterocycles. The average molecular weight is 286 g/mol. The van der Waals surface area contributed by atoms with Crippen LogP contribution in [0.3, 0.4) is 0 Å². The molecular weight excluding hydrogens is 268 g/mol. The average Bonchev–Trinajstić information content (AvgIpc) is 2.36. The van der Waals surface area contributed by atoms with Crippen molar-refractivity contribution in [3.63, 3.8) is 0 Å². The normalized spacial score (nSPS) is 22.7. The largest absolute Gasteiger partial charge is 0.497 e. The molecule has 0 spiro atoms. The molecule has 0 aromatic heterocycles. The smallest absolute Gasteiger partial charge is 0.244 e. The molecule has 0 bridgehead atoms. The molecule has 2 rings (SSSR count). The van der Waals surface area contributed by atoms with Crippen molar-refractivity contribution in [2.75, 3.05) is 14.2 Å². The van der Waals surface area contributed by atoms with Gasteiger partial charge in [0.2, 0.25) is 10.0 Å². The molecule has 0 amide bonds. The summed E-state index contributed by atoms with van der Waals surface area (Å²) < 4.78 is 37.4. The number of hydrogen-bond acceptors (Lipinski definition) is 5. The lowest BCUT2D eigenvalue weighted by atomic mass is 9.89. The molecule has 1 fully saturated rings. The molecule has 1 aromatic rings. The van der Waals surface area contributed by atoms with Gasteiger partial charge in [-0.1, -0.05) is 0 Å². The summed E-state index contributed by atoms with van der Waals surface area (Å²) >= 11 is 0. The van der Waals surface area contributed by atoms with Crippen LogP contribution < -0.4 is 19.9 Å². The zero-order valence-corrected chi connectivity index (χ0v) is 11.7. The maximum Gasteiger partial charge on any atom is 0.244 e. The third-order valence-electron chi connectivity index (χ3n) is 3.16. The fraction of sp³-hybridized carbons (Fsp3) is 0.500. The summed E-state index contributed by atoms with van der Waals surface area (Å²) in [6.07, 6.45) is 1.32. The molecule has 0 aliphatic heterocycles. The van der Waals surface area contributed by atoms with Gasteiger partial charge in [-0.3, -0.25) is 0 Å². The van der Waals surface area contributed by atoms with E-state index in [-0.39, 0.29) is 22.7 Å². The van der Waals surface area contributed by atoms with Crippen LogP contribution in [-0.4, -0.2) is 34.7 Å². The highest BCUT2D eigenvalue weighted by Gasteiger charge is 2.31.